The molecule has 7 nitrogen and oxygen atoms in total. The molecule has 1 aliphatic rings. The van der Waals surface area contributed by atoms with Gasteiger partial charge < -0.3 is 10.9 Å². The molecular weight excluding hydrogens is 434 g/mol. The van der Waals surface area contributed by atoms with E-state index in [9.17, 15) is 0 Å². The molecule has 0 saturated heterocycles. The number of aliphatic imine (C=N–C) groups is 3. The lowest BCUT2D eigenvalue weighted by atomic mass is 10.1. The maximum atomic E-state index is 4.65. The van der Waals surface area contributed by atoms with E-state index in [4.69, 9.17) is 0 Å². The molecule has 35 heavy (non-hydrogen) atoms. The predicted molar refractivity (Wildman–Crippen MR) is 151 cm³/mol. The van der Waals surface area contributed by atoms with Gasteiger partial charge in [0.05, 0.1) is 17.4 Å². The van der Waals surface area contributed by atoms with E-state index >= 15 is 0 Å². The van der Waals surface area contributed by atoms with E-state index < -0.39 is 0 Å². The van der Waals surface area contributed by atoms with Crippen LogP contribution in [0.4, 0.5) is 11.4 Å². The largest absolute Gasteiger partial charge is 0.303 e. The van der Waals surface area contributed by atoms with Crippen LogP contribution in [0.2, 0.25) is 0 Å². The summed E-state index contributed by atoms with van der Waals surface area (Å²) in [6, 6.07) is 24.5. The average molecular weight is 470 g/mol. The Balaban J connectivity index is 0.00000241. The Hall–Kier alpha value is -4.10. The van der Waals surface area contributed by atoms with Crippen molar-refractivity contribution in [2.45, 2.75) is 26.3 Å². The minimum absolute atomic E-state index is 0. The van der Waals surface area contributed by atoms with Crippen LogP contribution in [0.1, 0.15) is 51.4 Å². The molecule has 0 aliphatic carbocycles. The Kier molecular flexibility index (Phi) is 8.14. The van der Waals surface area contributed by atoms with Gasteiger partial charge in [-0.25, -0.2) is 10.0 Å². The van der Waals surface area contributed by atoms with Crippen molar-refractivity contribution in [2.24, 2.45) is 20.1 Å². The van der Waals surface area contributed by atoms with Crippen LogP contribution in [-0.4, -0.2) is 43.2 Å². The fourth-order valence-corrected chi connectivity index (χ4v) is 3.49. The molecule has 0 radical (unpaired) electrons. The summed E-state index contributed by atoms with van der Waals surface area (Å²) in [5.74, 6) is 0.870. The molecule has 4 rings (SSSR count). The number of hydrogen-bond donors (Lipinski definition) is 2. The first kappa shape index (κ1) is 24.0. The second-order valence-electron chi connectivity index (χ2n) is 8.36. The highest BCUT2D eigenvalue weighted by atomic mass is 15.6. The number of benzene rings is 3. The zero-order chi connectivity index (χ0) is 24.5. The summed E-state index contributed by atoms with van der Waals surface area (Å²) < 4.78 is 0. The first-order valence-corrected chi connectivity index (χ1v) is 11.8. The van der Waals surface area contributed by atoms with Gasteiger partial charge in [-0.3, -0.25) is 9.98 Å². The van der Waals surface area contributed by atoms with E-state index in [0.29, 0.717) is 6.67 Å². The lowest BCUT2D eigenvalue weighted by Gasteiger charge is -2.11. The summed E-state index contributed by atoms with van der Waals surface area (Å²) in [5, 5.41) is 6.16. The summed E-state index contributed by atoms with van der Waals surface area (Å²) in [7, 11) is 1.97. The third-order valence-electron chi connectivity index (χ3n) is 5.43. The maximum Gasteiger partial charge on any atom is 0.144 e. The van der Waals surface area contributed by atoms with Crippen LogP contribution in [0.25, 0.3) is 0 Å². The number of hydrogen-bond acceptors (Lipinski definition) is 7. The fourth-order valence-electron chi connectivity index (χ4n) is 3.49. The summed E-state index contributed by atoms with van der Waals surface area (Å²) in [5.41, 5.74) is 12.4. The Morgan fingerprint density at radius 2 is 1.66 bits per heavy atom. The number of hydrazone groups is 1. The summed E-state index contributed by atoms with van der Waals surface area (Å²) in [4.78, 5) is 13.8. The van der Waals surface area contributed by atoms with Crippen molar-refractivity contribution >= 4 is 35.9 Å². The first-order valence-electron chi connectivity index (χ1n) is 11.8. The van der Waals surface area contributed by atoms with Crippen molar-refractivity contribution in [2.75, 3.05) is 13.7 Å². The molecule has 3 aromatic rings. The normalized spacial score (nSPS) is 15.1. The van der Waals surface area contributed by atoms with Gasteiger partial charge >= 0.3 is 0 Å². The quantitative estimate of drug-likeness (QED) is 0.303. The monoisotopic (exact) mass is 469 g/mol. The fraction of sp³-hybridized carbons (Fsp3) is 0.214. The lowest BCUT2D eigenvalue weighted by Crippen LogP contribution is -2.32. The van der Waals surface area contributed by atoms with Gasteiger partial charge in [-0.1, -0.05) is 55.5 Å². The molecule has 1 unspecified atom stereocenters. The van der Waals surface area contributed by atoms with E-state index in [2.05, 4.69) is 56.9 Å². The van der Waals surface area contributed by atoms with Gasteiger partial charge in [0.1, 0.15) is 12.5 Å². The lowest BCUT2D eigenvalue weighted by molar-refractivity contribution is 0.331. The molecule has 1 aliphatic heterocycles. The van der Waals surface area contributed by atoms with Crippen LogP contribution in [0.5, 0.6) is 0 Å². The van der Waals surface area contributed by atoms with E-state index in [1.807, 2.05) is 91.4 Å². The predicted octanol–water partition coefficient (Wildman–Crippen LogP) is 5.88. The number of hydrazine groups is 1. The second kappa shape index (κ2) is 11.9. The van der Waals surface area contributed by atoms with Crippen molar-refractivity contribution in [3.63, 3.8) is 0 Å². The topological polar surface area (TPSA) is 76.7 Å². The first-order chi connectivity index (χ1) is 17.1. The summed E-state index contributed by atoms with van der Waals surface area (Å²) >= 11 is 0. The minimum atomic E-state index is 0. The van der Waals surface area contributed by atoms with Crippen LogP contribution >= 0.6 is 0 Å². The van der Waals surface area contributed by atoms with Crippen LogP contribution < -0.4 is 10.9 Å². The standard InChI is InChI=1S/C28H31N7.2H2/c1-4-15-32-33-21(2)24-7-5-9-26(16-24)29-18-22-11-13-23(14-12-22)19-30-27-10-6-8-25(17-27)28-31-20-35(3)34-28;;/h5-19,21,33H,4,20H2,1-3H3,(H,31,34);2*1H/b29-18?,30-19?,32-15-;;. The highest BCUT2D eigenvalue weighted by molar-refractivity contribution is 6.00. The van der Waals surface area contributed by atoms with Crippen LogP contribution in [0.3, 0.4) is 0 Å². The van der Waals surface area contributed by atoms with E-state index in [0.717, 1.165) is 45.9 Å². The highest BCUT2D eigenvalue weighted by Gasteiger charge is 2.12. The molecule has 2 N–H and O–H groups in total. The molecular formula is C28H35N7. The SMILES string of the molecule is CC/C=N\NC(C)c1cccc(N=Cc2ccc(C=Nc3cccc(C4=NCN(C)N4)c3)cc2)c1.[HH].[HH]. The molecule has 0 bridgehead atoms. The molecule has 0 saturated carbocycles. The Labute approximate surface area is 210 Å². The van der Waals surface area contributed by atoms with Gasteiger partial charge in [0, 0.05) is 34.1 Å². The van der Waals surface area contributed by atoms with Crippen molar-refractivity contribution in [1.29, 1.82) is 0 Å². The van der Waals surface area contributed by atoms with Gasteiger partial charge in [0.2, 0.25) is 0 Å². The Morgan fingerprint density at radius 1 is 1.00 bits per heavy atom. The molecule has 0 amide bonds. The smallest absolute Gasteiger partial charge is 0.144 e. The molecule has 0 spiro atoms. The van der Waals surface area contributed by atoms with Crippen LogP contribution in [0, 0.1) is 0 Å². The second-order valence-corrected chi connectivity index (χ2v) is 8.36. The van der Waals surface area contributed by atoms with Gasteiger partial charge in [-0.2, -0.15) is 5.10 Å². The zero-order valence-corrected chi connectivity index (χ0v) is 20.4. The average Bonchev–Trinajstić information content (AvgIpc) is 3.33. The van der Waals surface area contributed by atoms with E-state index in [1.54, 1.807) is 0 Å². The molecule has 0 fully saturated rings. The van der Waals surface area contributed by atoms with Crippen LogP contribution in [0.15, 0.2) is 92.9 Å². The third-order valence-corrected chi connectivity index (χ3v) is 5.43. The van der Waals surface area contributed by atoms with Gasteiger partial charge in [0.15, 0.2) is 0 Å². The number of nitrogens with one attached hydrogen (secondary N) is 2. The highest BCUT2D eigenvalue weighted by Crippen LogP contribution is 2.20. The zero-order valence-electron chi connectivity index (χ0n) is 20.4. The maximum absolute atomic E-state index is 4.65. The van der Waals surface area contributed by atoms with Crippen LogP contribution in [-0.2, 0) is 0 Å². The molecule has 1 atom stereocenters. The molecule has 1 heterocycles. The Bertz CT molecular complexity index is 1250. The summed E-state index contributed by atoms with van der Waals surface area (Å²) in [6.45, 7) is 4.80. The molecule has 0 aromatic heterocycles. The third kappa shape index (κ3) is 6.94. The van der Waals surface area contributed by atoms with Gasteiger partial charge in [-0.05, 0) is 54.3 Å². The minimum Gasteiger partial charge on any atom is -0.303 e. The number of amidine groups is 1. The number of nitrogens with zero attached hydrogens (tertiary/aromatic N) is 5. The van der Waals surface area contributed by atoms with Gasteiger partial charge in [-0.15, -0.1) is 0 Å². The Morgan fingerprint density at radius 3 is 2.29 bits per heavy atom. The van der Waals surface area contributed by atoms with Crippen molar-refractivity contribution in [3.05, 3.63) is 95.1 Å². The van der Waals surface area contributed by atoms with Crippen molar-refractivity contribution in [1.82, 2.24) is 15.9 Å². The van der Waals surface area contributed by atoms with E-state index in [1.165, 1.54) is 0 Å². The summed E-state index contributed by atoms with van der Waals surface area (Å²) in [6.07, 6.45) is 6.53. The van der Waals surface area contributed by atoms with E-state index in [-0.39, 0.29) is 8.90 Å². The number of rotatable bonds is 9. The van der Waals surface area contributed by atoms with Gasteiger partial charge in [0.25, 0.3) is 0 Å². The van der Waals surface area contributed by atoms with Crippen molar-refractivity contribution < 1.29 is 2.85 Å². The van der Waals surface area contributed by atoms with Crippen molar-refractivity contribution in [3.8, 4) is 0 Å². The molecule has 7 heteroatoms. The molecule has 3 aromatic carbocycles. The molecule has 182 valence electrons.